The standard InChI is InChI=1S/C16H17N3O/c1-12-15-4-2-3-5-16(15)19(18-12)13-6-8-14(9-7-13)20-11-10-17/h2-9H,10-11,17H2,1H3. The summed E-state index contributed by atoms with van der Waals surface area (Å²) in [5, 5.41) is 5.78. The number of nitrogens with two attached hydrogens (primary N) is 1. The number of nitrogens with zero attached hydrogens (tertiary/aromatic N) is 2. The van der Waals surface area contributed by atoms with Crippen molar-refractivity contribution in [2.45, 2.75) is 6.92 Å². The molecule has 0 atom stereocenters. The third-order valence-electron chi connectivity index (χ3n) is 3.24. The highest BCUT2D eigenvalue weighted by atomic mass is 16.5. The summed E-state index contributed by atoms with van der Waals surface area (Å²) in [6, 6.07) is 16.1. The fourth-order valence-electron chi connectivity index (χ4n) is 2.28. The molecule has 0 saturated heterocycles. The molecule has 3 aromatic rings. The molecule has 2 aromatic carbocycles. The summed E-state index contributed by atoms with van der Waals surface area (Å²) in [6.45, 7) is 3.07. The lowest BCUT2D eigenvalue weighted by atomic mass is 10.2. The van der Waals surface area contributed by atoms with Gasteiger partial charge in [-0.05, 0) is 37.3 Å². The first-order valence-corrected chi connectivity index (χ1v) is 6.67. The van der Waals surface area contributed by atoms with E-state index in [-0.39, 0.29) is 0 Å². The van der Waals surface area contributed by atoms with Crippen LogP contribution in [0, 0.1) is 6.92 Å². The van der Waals surface area contributed by atoms with E-state index in [9.17, 15) is 0 Å². The van der Waals surface area contributed by atoms with Gasteiger partial charge in [-0.2, -0.15) is 5.10 Å². The Morgan fingerprint density at radius 3 is 2.60 bits per heavy atom. The topological polar surface area (TPSA) is 53.1 Å². The van der Waals surface area contributed by atoms with Gasteiger partial charge in [-0.3, -0.25) is 0 Å². The number of hydrogen-bond donors (Lipinski definition) is 1. The van der Waals surface area contributed by atoms with Crippen molar-refractivity contribution in [2.24, 2.45) is 5.73 Å². The highest BCUT2D eigenvalue weighted by molar-refractivity contribution is 5.83. The largest absolute Gasteiger partial charge is 0.492 e. The fourth-order valence-corrected chi connectivity index (χ4v) is 2.28. The van der Waals surface area contributed by atoms with E-state index in [0.29, 0.717) is 13.2 Å². The van der Waals surface area contributed by atoms with Gasteiger partial charge in [-0.15, -0.1) is 0 Å². The maximum atomic E-state index is 5.48. The van der Waals surface area contributed by atoms with Crippen LogP contribution in [0.4, 0.5) is 0 Å². The number of para-hydroxylation sites is 1. The van der Waals surface area contributed by atoms with Crippen molar-refractivity contribution < 1.29 is 4.74 Å². The minimum atomic E-state index is 0.519. The number of aryl methyl sites for hydroxylation is 1. The van der Waals surface area contributed by atoms with Gasteiger partial charge in [0.2, 0.25) is 0 Å². The monoisotopic (exact) mass is 267 g/mol. The lowest BCUT2D eigenvalue weighted by Gasteiger charge is -2.07. The lowest BCUT2D eigenvalue weighted by molar-refractivity contribution is 0.328. The second-order valence-corrected chi connectivity index (χ2v) is 4.65. The molecular formula is C16H17N3O. The summed E-state index contributed by atoms with van der Waals surface area (Å²) in [5.74, 6) is 0.826. The predicted octanol–water partition coefficient (Wildman–Crippen LogP) is 2.67. The summed E-state index contributed by atoms with van der Waals surface area (Å²) in [7, 11) is 0. The van der Waals surface area contributed by atoms with Crippen LogP contribution in [0.5, 0.6) is 5.75 Å². The third-order valence-corrected chi connectivity index (χ3v) is 3.24. The second-order valence-electron chi connectivity index (χ2n) is 4.65. The Hall–Kier alpha value is -2.33. The van der Waals surface area contributed by atoms with Crippen LogP contribution in [0.1, 0.15) is 5.69 Å². The minimum Gasteiger partial charge on any atom is -0.492 e. The zero-order valence-corrected chi connectivity index (χ0v) is 11.4. The summed E-state index contributed by atoms with van der Waals surface area (Å²) < 4.78 is 7.44. The van der Waals surface area contributed by atoms with E-state index in [1.54, 1.807) is 0 Å². The number of rotatable bonds is 4. The van der Waals surface area contributed by atoms with E-state index in [1.807, 2.05) is 48.0 Å². The molecule has 2 N–H and O–H groups in total. The molecule has 20 heavy (non-hydrogen) atoms. The molecule has 0 aliphatic carbocycles. The number of benzene rings is 2. The second kappa shape index (κ2) is 5.35. The average Bonchev–Trinajstić information content (AvgIpc) is 2.83. The predicted molar refractivity (Wildman–Crippen MR) is 80.4 cm³/mol. The van der Waals surface area contributed by atoms with Crippen LogP contribution < -0.4 is 10.5 Å². The Balaban J connectivity index is 1.99. The van der Waals surface area contributed by atoms with Gasteiger partial charge in [0.05, 0.1) is 16.9 Å². The van der Waals surface area contributed by atoms with Crippen LogP contribution in [0.15, 0.2) is 48.5 Å². The first kappa shape index (κ1) is 12.7. The van der Waals surface area contributed by atoms with E-state index < -0.39 is 0 Å². The minimum absolute atomic E-state index is 0.519. The quantitative estimate of drug-likeness (QED) is 0.790. The van der Waals surface area contributed by atoms with Gasteiger partial charge in [0.25, 0.3) is 0 Å². The Morgan fingerprint density at radius 2 is 1.85 bits per heavy atom. The van der Waals surface area contributed by atoms with E-state index in [1.165, 1.54) is 5.39 Å². The number of ether oxygens (including phenoxy) is 1. The van der Waals surface area contributed by atoms with Gasteiger partial charge in [-0.1, -0.05) is 18.2 Å². The molecule has 4 heteroatoms. The van der Waals surface area contributed by atoms with Crippen molar-refractivity contribution in [1.29, 1.82) is 0 Å². The highest BCUT2D eigenvalue weighted by Gasteiger charge is 2.07. The molecule has 0 fully saturated rings. The first-order chi connectivity index (χ1) is 9.79. The van der Waals surface area contributed by atoms with Crippen molar-refractivity contribution in [3.63, 3.8) is 0 Å². The molecule has 1 aromatic heterocycles. The Morgan fingerprint density at radius 1 is 1.10 bits per heavy atom. The van der Waals surface area contributed by atoms with Gasteiger partial charge in [0.1, 0.15) is 12.4 Å². The van der Waals surface area contributed by atoms with Gasteiger partial charge >= 0.3 is 0 Å². The first-order valence-electron chi connectivity index (χ1n) is 6.67. The molecule has 102 valence electrons. The Kier molecular flexibility index (Phi) is 3.39. The van der Waals surface area contributed by atoms with Gasteiger partial charge in [-0.25, -0.2) is 4.68 Å². The van der Waals surface area contributed by atoms with Crippen molar-refractivity contribution in [3.05, 3.63) is 54.2 Å². The van der Waals surface area contributed by atoms with Crippen LogP contribution >= 0.6 is 0 Å². The van der Waals surface area contributed by atoms with Gasteiger partial charge in [0, 0.05) is 11.9 Å². The zero-order chi connectivity index (χ0) is 13.9. The van der Waals surface area contributed by atoms with Crippen molar-refractivity contribution in [1.82, 2.24) is 9.78 Å². The van der Waals surface area contributed by atoms with Gasteiger partial charge in [0.15, 0.2) is 0 Å². The molecule has 0 aliphatic rings. The Labute approximate surface area is 117 Å². The zero-order valence-electron chi connectivity index (χ0n) is 11.4. The van der Waals surface area contributed by atoms with Gasteiger partial charge < -0.3 is 10.5 Å². The van der Waals surface area contributed by atoms with Crippen LogP contribution in [-0.2, 0) is 0 Å². The molecule has 3 rings (SSSR count). The normalized spacial score (nSPS) is 10.9. The van der Waals surface area contributed by atoms with Crippen molar-refractivity contribution >= 4 is 10.9 Å². The van der Waals surface area contributed by atoms with E-state index in [0.717, 1.165) is 22.6 Å². The maximum absolute atomic E-state index is 5.48. The molecule has 0 bridgehead atoms. The number of aromatic nitrogens is 2. The summed E-state index contributed by atoms with van der Waals surface area (Å²) in [4.78, 5) is 0. The number of fused-ring (bicyclic) bond motifs is 1. The molecule has 0 aliphatic heterocycles. The maximum Gasteiger partial charge on any atom is 0.119 e. The SMILES string of the molecule is Cc1nn(-c2ccc(OCCN)cc2)c2ccccc12. The molecule has 0 spiro atoms. The molecule has 1 heterocycles. The molecule has 0 amide bonds. The number of hydrogen-bond acceptors (Lipinski definition) is 3. The summed E-state index contributed by atoms with van der Waals surface area (Å²) >= 11 is 0. The summed E-state index contributed by atoms with van der Waals surface area (Å²) in [5.41, 5.74) is 8.59. The van der Waals surface area contributed by atoms with E-state index in [2.05, 4.69) is 17.2 Å². The van der Waals surface area contributed by atoms with Crippen molar-refractivity contribution in [3.8, 4) is 11.4 Å². The summed E-state index contributed by atoms with van der Waals surface area (Å²) in [6.07, 6.45) is 0. The molecule has 0 saturated carbocycles. The van der Waals surface area contributed by atoms with Crippen LogP contribution in [0.25, 0.3) is 16.6 Å². The van der Waals surface area contributed by atoms with Crippen LogP contribution in [0.3, 0.4) is 0 Å². The fraction of sp³-hybridized carbons (Fsp3) is 0.188. The van der Waals surface area contributed by atoms with Crippen LogP contribution in [0.2, 0.25) is 0 Å². The molecule has 4 nitrogen and oxygen atoms in total. The van der Waals surface area contributed by atoms with Crippen molar-refractivity contribution in [2.75, 3.05) is 13.2 Å². The third kappa shape index (κ3) is 2.26. The smallest absolute Gasteiger partial charge is 0.119 e. The lowest BCUT2D eigenvalue weighted by Crippen LogP contribution is -2.10. The average molecular weight is 267 g/mol. The molecular weight excluding hydrogens is 250 g/mol. The van der Waals surface area contributed by atoms with Crippen LogP contribution in [-0.4, -0.2) is 22.9 Å². The van der Waals surface area contributed by atoms with E-state index in [4.69, 9.17) is 10.5 Å². The molecule has 0 radical (unpaired) electrons. The highest BCUT2D eigenvalue weighted by Crippen LogP contribution is 2.22. The Bertz CT molecular complexity index is 716. The van der Waals surface area contributed by atoms with E-state index >= 15 is 0 Å². The molecule has 0 unspecified atom stereocenters.